The van der Waals surface area contributed by atoms with Crippen LogP contribution in [-0.2, 0) is 17.9 Å². The van der Waals surface area contributed by atoms with Crippen LogP contribution in [0.1, 0.15) is 75.4 Å². The van der Waals surface area contributed by atoms with Gasteiger partial charge in [-0.05, 0) is 37.9 Å². The molecular weight excluding hydrogens is 366 g/mol. The maximum atomic E-state index is 13.2. The topological polar surface area (TPSA) is 79.3 Å². The highest BCUT2D eigenvalue weighted by Crippen LogP contribution is 2.23. The Labute approximate surface area is 174 Å². The number of amides is 2. The number of hydrogen-bond donors (Lipinski definition) is 2. The number of rotatable bonds is 7. The second kappa shape index (κ2) is 10.1. The van der Waals surface area contributed by atoms with Gasteiger partial charge in [-0.2, -0.15) is 0 Å². The molecule has 1 aromatic heterocycles. The highest BCUT2D eigenvalue weighted by Gasteiger charge is 2.34. The fourth-order valence-electron chi connectivity index (χ4n) is 3.59. The molecule has 7 heteroatoms. The van der Waals surface area contributed by atoms with Gasteiger partial charge in [-0.15, -0.1) is 0 Å². The van der Waals surface area contributed by atoms with Gasteiger partial charge in [0.05, 0.1) is 5.69 Å². The van der Waals surface area contributed by atoms with E-state index in [-0.39, 0.29) is 11.8 Å². The van der Waals surface area contributed by atoms with Crippen molar-refractivity contribution in [3.8, 4) is 0 Å². The molecule has 0 bridgehead atoms. The summed E-state index contributed by atoms with van der Waals surface area (Å²) in [7, 11) is 3.65. The van der Waals surface area contributed by atoms with E-state index in [1.54, 1.807) is 7.05 Å². The van der Waals surface area contributed by atoms with Gasteiger partial charge in [0.25, 0.3) is 5.91 Å². The maximum Gasteiger partial charge on any atom is 0.272 e. The molecule has 2 N–H and O–H groups in total. The van der Waals surface area contributed by atoms with Crippen LogP contribution in [0.15, 0.2) is 6.08 Å². The average Bonchev–Trinajstić information content (AvgIpc) is 2.86. The van der Waals surface area contributed by atoms with E-state index in [1.807, 2.05) is 26.8 Å². The third kappa shape index (κ3) is 5.92. The van der Waals surface area contributed by atoms with Gasteiger partial charge < -0.3 is 20.1 Å². The number of hydrogen-bond acceptors (Lipinski definition) is 4. The molecule has 0 aromatic carbocycles. The van der Waals surface area contributed by atoms with Crippen molar-refractivity contribution >= 4 is 17.9 Å². The summed E-state index contributed by atoms with van der Waals surface area (Å²) in [5.74, 6) is 0.331. The minimum atomic E-state index is -0.635. The van der Waals surface area contributed by atoms with Crippen LogP contribution in [0.5, 0.6) is 0 Å². The number of imidazole rings is 1. The van der Waals surface area contributed by atoms with Gasteiger partial charge in [0.15, 0.2) is 5.69 Å². The van der Waals surface area contributed by atoms with Crippen molar-refractivity contribution in [2.75, 3.05) is 20.6 Å². The van der Waals surface area contributed by atoms with Gasteiger partial charge >= 0.3 is 0 Å². The number of nitrogens with one attached hydrogen (secondary N) is 2. The molecule has 0 unspecified atom stereocenters. The zero-order valence-corrected chi connectivity index (χ0v) is 18.8. The van der Waals surface area contributed by atoms with E-state index in [9.17, 15) is 9.59 Å². The SMILES string of the molecule is CCCCC=Cc1nc(C(=O)N[C@H](C(=O)NC)C(C)(C)C)c2n1CCCN(C)C2. The lowest BCUT2D eigenvalue weighted by molar-refractivity contribution is -0.124. The monoisotopic (exact) mass is 403 g/mol. The number of allylic oxidation sites excluding steroid dienone is 1. The van der Waals surface area contributed by atoms with Crippen LogP contribution in [0.3, 0.4) is 0 Å². The summed E-state index contributed by atoms with van der Waals surface area (Å²) in [6, 6.07) is -0.635. The summed E-state index contributed by atoms with van der Waals surface area (Å²) in [6.07, 6.45) is 8.47. The third-order valence-corrected chi connectivity index (χ3v) is 5.30. The summed E-state index contributed by atoms with van der Waals surface area (Å²) in [4.78, 5) is 32.5. The van der Waals surface area contributed by atoms with E-state index < -0.39 is 11.5 Å². The van der Waals surface area contributed by atoms with E-state index >= 15 is 0 Å². The summed E-state index contributed by atoms with van der Waals surface area (Å²) in [6.45, 7) is 10.5. The van der Waals surface area contributed by atoms with Crippen LogP contribution in [0.4, 0.5) is 0 Å². The first kappa shape index (κ1) is 23.1. The Morgan fingerprint density at radius 2 is 2.00 bits per heavy atom. The Bertz CT molecular complexity index is 745. The lowest BCUT2D eigenvalue weighted by Gasteiger charge is -2.29. The van der Waals surface area contributed by atoms with Crippen LogP contribution >= 0.6 is 0 Å². The number of unbranched alkanes of at least 4 members (excludes halogenated alkanes) is 2. The molecular formula is C22H37N5O2. The number of carbonyl (C=O) groups is 2. The average molecular weight is 404 g/mol. The first-order valence-electron chi connectivity index (χ1n) is 10.7. The molecule has 0 aliphatic carbocycles. The molecule has 2 amide bonds. The molecule has 1 aromatic rings. The van der Waals surface area contributed by atoms with E-state index in [1.165, 1.54) is 0 Å². The first-order chi connectivity index (χ1) is 13.7. The molecule has 1 aliphatic heterocycles. The number of carbonyl (C=O) groups excluding carboxylic acids is 2. The lowest BCUT2D eigenvalue weighted by Crippen LogP contribution is -2.53. The predicted octanol–water partition coefficient (Wildman–Crippen LogP) is 2.81. The highest BCUT2D eigenvalue weighted by molar-refractivity contribution is 5.97. The molecule has 0 fully saturated rings. The number of aromatic nitrogens is 2. The quantitative estimate of drug-likeness (QED) is 0.686. The molecule has 162 valence electrons. The summed E-state index contributed by atoms with van der Waals surface area (Å²) in [5, 5.41) is 5.58. The van der Waals surface area contributed by atoms with Crippen LogP contribution in [0.2, 0.25) is 0 Å². The van der Waals surface area contributed by atoms with E-state index in [2.05, 4.69) is 40.1 Å². The van der Waals surface area contributed by atoms with E-state index in [0.717, 1.165) is 50.3 Å². The van der Waals surface area contributed by atoms with Crippen molar-refractivity contribution in [3.05, 3.63) is 23.3 Å². The molecule has 29 heavy (non-hydrogen) atoms. The summed E-state index contributed by atoms with van der Waals surface area (Å²) >= 11 is 0. The second-order valence-corrected chi connectivity index (χ2v) is 8.94. The standard InChI is InChI=1S/C22H37N5O2/c1-7-8-9-10-12-17-24-18(16-15-26(6)13-11-14-27(16)17)20(28)25-19(21(29)23-5)22(2,3)4/h10,12,19H,7-9,11,13-15H2,1-6H3,(H,23,29)(H,25,28)/t19-/m1/s1. The second-order valence-electron chi connectivity index (χ2n) is 8.94. The van der Waals surface area contributed by atoms with Crippen molar-refractivity contribution in [3.63, 3.8) is 0 Å². The van der Waals surface area contributed by atoms with Crippen LogP contribution < -0.4 is 10.6 Å². The number of nitrogens with zero attached hydrogens (tertiary/aromatic N) is 3. The molecule has 1 aliphatic rings. The molecule has 2 heterocycles. The van der Waals surface area contributed by atoms with E-state index in [4.69, 9.17) is 4.98 Å². The smallest absolute Gasteiger partial charge is 0.272 e. The molecule has 1 atom stereocenters. The Hall–Kier alpha value is -2.15. The largest absolute Gasteiger partial charge is 0.357 e. The first-order valence-corrected chi connectivity index (χ1v) is 10.7. The highest BCUT2D eigenvalue weighted by atomic mass is 16.2. The fourth-order valence-corrected chi connectivity index (χ4v) is 3.59. The van der Waals surface area contributed by atoms with Crippen molar-refractivity contribution in [2.24, 2.45) is 5.41 Å². The fraction of sp³-hybridized carbons (Fsp3) is 0.682. The zero-order valence-electron chi connectivity index (χ0n) is 18.8. The lowest BCUT2D eigenvalue weighted by atomic mass is 9.86. The molecule has 7 nitrogen and oxygen atoms in total. The van der Waals surface area contributed by atoms with Gasteiger partial charge in [0, 0.05) is 20.1 Å². The van der Waals surface area contributed by atoms with Crippen molar-refractivity contribution < 1.29 is 9.59 Å². The van der Waals surface area contributed by atoms with Gasteiger partial charge in [-0.1, -0.05) is 46.6 Å². The minimum Gasteiger partial charge on any atom is -0.357 e. The van der Waals surface area contributed by atoms with Crippen molar-refractivity contribution in [1.82, 2.24) is 25.1 Å². The van der Waals surface area contributed by atoms with Gasteiger partial charge in [-0.25, -0.2) is 4.98 Å². The summed E-state index contributed by atoms with van der Waals surface area (Å²) in [5.41, 5.74) is 0.931. The van der Waals surface area contributed by atoms with Gasteiger partial charge in [-0.3, -0.25) is 9.59 Å². The zero-order chi connectivity index (χ0) is 21.6. The predicted molar refractivity (Wildman–Crippen MR) is 117 cm³/mol. The molecule has 0 radical (unpaired) electrons. The third-order valence-electron chi connectivity index (χ3n) is 5.30. The number of likely N-dealkylation sites (N-methyl/N-ethyl adjacent to an activating group) is 1. The maximum absolute atomic E-state index is 13.2. The summed E-state index contributed by atoms with van der Waals surface area (Å²) < 4.78 is 2.16. The molecule has 0 saturated carbocycles. The Balaban J connectivity index is 2.37. The van der Waals surface area contributed by atoms with Crippen LogP contribution in [0.25, 0.3) is 6.08 Å². The van der Waals surface area contributed by atoms with Gasteiger partial charge in [0.2, 0.25) is 5.91 Å². The van der Waals surface area contributed by atoms with Gasteiger partial charge in [0.1, 0.15) is 11.9 Å². The van der Waals surface area contributed by atoms with Crippen LogP contribution in [0, 0.1) is 5.41 Å². The molecule has 0 saturated heterocycles. The Morgan fingerprint density at radius 1 is 1.28 bits per heavy atom. The normalized spacial score (nSPS) is 16.3. The molecule has 2 rings (SSSR count). The van der Waals surface area contributed by atoms with Crippen molar-refractivity contribution in [1.29, 1.82) is 0 Å². The Kier molecular flexibility index (Phi) is 8.02. The van der Waals surface area contributed by atoms with Crippen molar-refractivity contribution in [2.45, 2.75) is 72.5 Å². The Morgan fingerprint density at radius 3 is 2.62 bits per heavy atom. The van der Waals surface area contributed by atoms with E-state index in [0.29, 0.717) is 12.2 Å². The minimum absolute atomic E-state index is 0.201. The molecule has 0 spiro atoms. The number of fused-ring (bicyclic) bond motifs is 1. The van der Waals surface area contributed by atoms with Crippen LogP contribution in [-0.4, -0.2) is 52.9 Å².